The second kappa shape index (κ2) is 4.53. The lowest BCUT2D eigenvalue weighted by atomic mass is 10.1. The number of fused-ring (bicyclic) bond motifs is 1. The second-order valence-corrected chi connectivity index (χ2v) is 4.57. The maximum atomic E-state index is 13.0. The van der Waals surface area contributed by atoms with Gasteiger partial charge in [0.05, 0.1) is 18.3 Å². The maximum absolute atomic E-state index is 13.0. The number of hydrogen-bond donors (Lipinski definition) is 1. The molecule has 0 aromatic carbocycles. The third kappa shape index (κ3) is 2.15. The molecule has 0 saturated carbocycles. The summed E-state index contributed by atoms with van der Waals surface area (Å²) < 4.78 is 20.1. The Morgan fingerprint density at radius 3 is 3.22 bits per heavy atom. The average molecular weight is 250 g/mol. The molecule has 1 aliphatic rings. The van der Waals surface area contributed by atoms with Crippen LogP contribution in [0.1, 0.15) is 19.8 Å². The van der Waals surface area contributed by atoms with Gasteiger partial charge in [-0.25, -0.2) is 8.91 Å². The molecule has 96 valence electrons. The first kappa shape index (κ1) is 11.4. The largest absolute Gasteiger partial charge is 0.376 e. The zero-order chi connectivity index (χ0) is 12.5. The van der Waals surface area contributed by atoms with Gasteiger partial charge in [0.1, 0.15) is 5.82 Å². The third-order valence-corrected chi connectivity index (χ3v) is 3.17. The SMILES string of the molecule is CC(Nc1nc2ccc(F)cn2n1)C1CCCO1. The van der Waals surface area contributed by atoms with Crippen molar-refractivity contribution in [3.05, 3.63) is 24.1 Å². The topological polar surface area (TPSA) is 51.5 Å². The van der Waals surface area contributed by atoms with Gasteiger partial charge in [0.25, 0.3) is 0 Å². The Balaban J connectivity index is 1.77. The Morgan fingerprint density at radius 2 is 2.44 bits per heavy atom. The molecular formula is C12H15FN4O. The van der Waals surface area contributed by atoms with Crippen molar-refractivity contribution < 1.29 is 9.13 Å². The summed E-state index contributed by atoms with van der Waals surface area (Å²) >= 11 is 0. The van der Waals surface area contributed by atoms with Crippen LogP contribution in [0.5, 0.6) is 0 Å². The van der Waals surface area contributed by atoms with E-state index in [1.54, 1.807) is 6.07 Å². The second-order valence-electron chi connectivity index (χ2n) is 4.57. The molecule has 0 amide bonds. The van der Waals surface area contributed by atoms with Crippen molar-refractivity contribution in [2.75, 3.05) is 11.9 Å². The molecule has 0 aliphatic carbocycles. The molecule has 1 aliphatic heterocycles. The van der Waals surface area contributed by atoms with Gasteiger partial charge in [0, 0.05) is 6.61 Å². The molecular weight excluding hydrogens is 235 g/mol. The predicted molar refractivity (Wildman–Crippen MR) is 65.0 cm³/mol. The first-order valence-electron chi connectivity index (χ1n) is 6.12. The molecule has 0 spiro atoms. The zero-order valence-electron chi connectivity index (χ0n) is 10.1. The van der Waals surface area contributed by atoms with Gasteiger partial charge in [-0.3, -0.25) is 0 Å². The van der Waals surface area contributed by atoms with Crippen LogP contribution >= 0.6 is 0 Å². The fourth-order valence-electron chi connectivity index (χ4n) is 2.21. The van der Waals surface area contributed by atoms with Gasteiger partial charge in [-0.2, -0.15) is 4.98 Å². The molecule has 2 aromatic rings. The summed E-state index contributed by atoms with van der Waals surface area (Å²) in [6, 6.07) is 3.12. The molecule has 2 aromatic heterocycles. The Kier molecular flexibility index (Phi) is 2.87. The van der Waals surface area contributed by atoms with Crippen molar-refractivity contribution in [1.29, 1.82) is 0 Å². The van der Waals surface area contributed by atoms with E-state index in [1.165, 1.54) is 16.8 Å². The zero-order valence-corrected chi connectivity index (χ0v) is 10.1. The van der Waals surface area contributed by atoms with Gasteiger partial charge in [0.2, 0.25) is 5.95 Å². The summed E-state index contributed by atoms with van der Waals surface area (Å²) in [4.78, 5) is 4.28. The van der Waals surface area contributed by atoms with E-state index in [0.717, 1.165) is 19.4 Å². The number of hydrogen-bond acceptors (Lipinski definition) is 4. The standard InChI is InChI=1S/C12H15FN4O/c1-8(10-3-2-6-18-10)14-12-15-11-5-4-9(13)7-17(11)16-12/h4-5,7-8,10H,2-3,6H2,1H3,(H,14,16). The molecule has 3 heterocycles. The first-order chi connectivity index (χ1) is 8.72. The summed E-state index contributed by atoms with van der Waals surface area (Å²) in [7, 11) is 0. The van der Waals surface area contributed by atoms with Crippen molar-refractivity contribution in [2.24, 2.45) is 0 Å². The van der Waals surface area contributed by atoms with Crippen LogP contribution in [0.3, 0.4) is 0 Å². The van der Waals surface area contributed by atoms with Crippen LogP contribution in [0.15, 0.2) is 18.3 Å². The lowest BCUT2D eigenvalue weighted by Crippen LogP contribution is -2.30. The molecule has 0 radical (unpaired) electrons. The Labute approximate surface area is 104 Å². The highest BCUT2D eigenvalue weighted by atomic mass is 19.1. The summed E-state index contributed by atoms with van der Waals surface area (Å²) in [5.41, 5.74) is 0.624. The molecule has 2 unspecified atom stereocenters. The Morgan fingerprint density at radius 1 is 1.56 bits per heavy atom. The van der Waals surface area contributed by atoms with Gasteiger partial charge in [-0.05, 0) is 31.9 Å². The van der Waals surface area contributed by atoms with E-state index >= 15 is 0 Å². The number of rotatable bonds is 3. The molecule has 5 nitrogen and oxygen atoms in total. The minimum atomic E-state index is -0.328. The molecule has 1 N–H and O–H groups in total. The van der Waals surface area contributed by atoms with Gasteiger partial charge in [0.15, 0.2) is 5.65 Å². The van der Waals surface area contributed by atoms with Gasteiger partial charge >= 0.3 is 0 Å². The lowest BCUT2D eigenvalue weighted by molar-refractivity contribution is 0.0994. The fourth-order valence-corrected chi connectivity index (χ4v) is 2.21. The number of halogens is 1. The van der Waals surface area contributed by atoms with E-state index in [-0.39, 0.29) is 18.0 Å². The number of ether oxygens (including phenoxy) is 1. The molecule has 6 heteroatoms. The highest BCUT2D eigenvalue weighted by Gasteiger charge is 2.23. The van der Waals surface area contributed by atoms with Crippen LogP contribution in [-0.4, -0.2) is 33.4 Å². The number of nitrogens with one attached hydrogen (secondary N) is 1. The minimum absolute atomic E-state index is 0.148. The van der Waals surface area contributed by atoms with Gasteiger partial charge < -0.3 is 10.1 Å². The van der Waals surface area contributed by atoms with E-state index in [1.807, 2.05) is 6.92 Å². The van der Waals surface area contributed by atoms with Gasteiger partial charge in [-0.1, -0.05) is 0 Å². The summed E-state index contributed by atoms with van der Waals surface area (Å²) in [5.74, 6) is 0.176. The van der Waals surface area contributed by atoms with Crippen LogP contribution in [0.2, 0.25) is 0 Å². The summed E-state index contributed by atoms with van der Waals surface area (Å²) in [6.07, 6.45) is 3.66. The van der Waals surface area contributed by atoms with Crippen LogP contribution in [0, 0.1) is 5.82 Å². The molecule has 1 fully saturated rings. The molecule has 18 heavy (non-hydrogen) atoms. The molecule has 0 bridgehead atoms. The van der Waals surface area contributed by atoms with E-state index in [2.05, 4.69) is 15.4 Å². The maximum Gasteiger partial charge on any atom is 0.243 e. The van der Waals surface area contributed by atoms with Crippen LogP contribution in [0.4, 0.5) is 10.3 Å². The monoisotopic (exact) mass is 250 g/mol. The lowest BCUT2D eigenvalue weighted by Gasteiger charge is -2.18. The number of pyridine rings is 1. The summed E-state index contributed by atoms with van der Waals surface area (Å²) in [5, 5.41) is 7.39. The van der Waals surface area contributed by atoms with Crippen LogP contribution in [0.25, 0.3) is 5.65 Å². The molecule has 3 rings (SSSR count). The first-order valence-corrected chi connectivity index (χ1v) is 6.12. The molecule has 2 atom stereocenters. The quantitative estimate of drug-likeness (QED) is 0.903. The van der Waals surface area contributed by atoms with E-state index in [0.29, 0.717) is 11.6 Å². The van der Waals surface area contributed by atoms with Crippen molar-refractivity contribution >= 4 is 11.6 Å². The number of nitrogens with zero attached hydrogens (tertiary/aromatic N) is 3. The van der Waals surface area contributed by atoms with Crippen molar-refractivity contribution in [3.63, 3.8) is 0 Å². The third-order valence-electron chi connectivity index (χ3n) is 3.17. The smallest absolute Gasteiger partial charge is 0.243 e. The highest BCUT2D eigenvalue weighted by Crippen LogP contribution is 2.18. The van der Waals surface area contributed by atoms with Crippen molar-refractivity contribution in [1.82, 2.24) is 14.6 Å². The van der Waals surface area contributed by atoms with Crippen molar-refractivity contribution in [2.45, 2.75) is 31.9 Å². The van der Waals surface area contributed by atoms with Gasteiger partial charge in [-0.15, -0.1) is 5.10 Å². The van der Waals surface area contributed by atoms with E-state index in [9.17, 15) is 4.39 Å². The minimum Gasteiger partial charge on any atom is -0.376 e. The molecule has 1 saturated heterocycles. The normalized spacial score (nSPS) is 21.3. The predicted octanol–water partition coefficient (Wildman–Crippen LogP) is 1.85. The summed E-state index contributed by atoms with van der Waals surface area (Å²) in [6.45, 7) is 2.86. The number of anilines is 1. The van der Waals surface area contributed by atoms with Crippen molar-refractivity contribution in [3.8, 4) is 0 Å². The van der Waals surface area contributed by atoms with E-state index < -0.39 is 0 Å². The van der Waals surface area contributed by atoms with Crippen LogP contribution < -0.4 is 5.32 Å². The Hall–Kier alpha value is -1.69. The average Bonchev–Trinajstić information content (AvgIpc) is 2.95. The highest BCUT2D eigenvalue weighted by molar-refractivity contribution is 5.43. The van der Waals surface area contributed by atoms with Crippen LogP contribution in [-0.2, 0) is 4.74 Å². The fraction of sp³-hybridized carbons (Fsp3) is 0.500. The Bertz CT molecular complexity index is 550. The van der Waals surface area contributed by atoms with E-state index in [4.69, 9.17) is 4.74 Å². The number of aromatic nitrogens is 3.